The summed E-state index contributed by atoms with van der Waals surface area (Å²) < 4.78 is 0. The molecule has 1 aromatic heterocycles. The van der Waals surface area contributed by atoms with Crippen LogP contribution >= 0.6 is 0 Å². The van der Waals surface area contributed by atoms with Gasteiger partial charge in [0.25, 0.3) is 0 Å². The van der Waals surface area contributed by atoms with E-state index in [2.05, 4.69) is 45.8 Å². The minimum atomic E-state index is 0.473. The third kappa shape index (κ3) is 3.32. The van der Waals surface area contributed by atoms with Crippen LogP contribution in [0.2, 0.25) is 0 Å². The van der Waals surface area contributed by atoms with Crippen LogP contribution in [-0.4, -0.2) is 24.0 Å². The van der Waals surface area contributed by atoms with Gasteiger partial charge in [-0.3, -0.25) is 9.98 Å². The highest BCUT2D eigenvalue weighted by atomic mass is 15.2. The predicted octanol–water partition coefficient (Wildman–Crippen LogP) is 1.77. The smallest absolute Gasteiger partial charge is 0.191 e. The van der Waals surface area contributed by atoms with E-state index in [1.165, 1.54) is 5.56 Å². The fourth-order valence-corrected chi connectivity index (χ4v) is 1.99. The first-order valence-electron chi connectivity index (χ1n) is 6.32. The highest BCUT2D eigenvalue weighted by Crippen LogP contribution is 2.08. The average Bonchev–Trinajstić information content (AvgIpc) is 2.89. The lowest BCUT2D eigenvalue weighted by Gasteiger charge is -2.17. The topological polar surface area (TPSA) is 49.3 Å². The van der Waals surface area contributed by atoms with E-state index in [-0.39, 0.29) is 0 Å². The number of nitrogens with one attached hydrogen (secondary N) is 2. The number of aliphatic imine (C=N–C) groups is 1. The molecule has 1 aliphatic carbocycles. The lowest BCUT2D eigenvalue weighted by Crippen LogP contribution is -2.42. The largest absolute Gasteiger partial charge is 0.353 e. The first kappa shape index (κ1) is 12.6. The summed E-state index contributed by atoms with van der Waals surface area (Å²) in [5.74, 6) is 0.841. The van der Waals surface area contributed by atoms with Gasteiger partial charge in [0.05, 0.1) is 12.2 Å². The summed E-state index contributed by atoms with van der Waals surface area (Å²) in [6.45, 7) is 2.77. The van der Waals surface area contributed by atoms with Gasteiger partial charge < -0.3 is 10.6 Å². The Bertz CT molecular complexity index is 443. The highest BCUT2D eigenvalue weighted by molar-refractivity contribution is 5.80. The molecular weight excluding hydrogens is 224 g/mol. The molecule has 0 spiro atoms. The van der Waals surface area contributed by atoms with Gasteiger partial charge in [-0.05, 0) is 31.4 Å². The predicted molar refractivity (Wildman–Crippen MR) is 74.5 cm³/mol. The number of pyridine rings is 1. The number of aromatic nitrogens is 1. The molecule has 4 nitrogen and oxygen atoms in total. The van der Waals surface area contributed by atoms with Gasteiger partial charge >= 0.3 is 0 Å². The molecule has 1 aromatic rings. The summed E-state index contributed by atoms with van der Waals surface area (Å²) in [7, 11) is 1.79. The van der Waals surface area contributed by atoms with Gasteiger partial charge in [-0.15, -0.1) is 0 Å². The zero-order valence-electron chi connectivity index (χ0n) is 11.0. The fraction of sp³-hybridized carbons (Fsp3) is 0.429. The lowest BCUT2D eigenvalue weighted by atomic mass is 10.2. The summed E-state index contributed by atoms with van der Waals surface area (Å²) in [4.78, 5) is 8.59. The van der Waals surface area contributed by atoms with Crippen LogP contribution in [0.25, 0.3) is 0 Å². The summed E-state index contributed by atoms with van der Waals surface area (Å²) in [5.41, 5.74) is 2.26. The van der Waals surface area contributed by atoms with Crippen LogP contribution in [0.15, 0.2) is 35.5 Å². The zero-order chi connectivity index (χ0) is 12.8. The number of hydrogen-bond acceptors (Lipinski definition) is 2. The molecule has 4 heteroatoms. The van der Waals surface area contributed by atoms with E-state index in [4.69, 9.17) is 0 Å². The molecule has 0 saturated carbocycles. The van der Waals surface area contributed by atoms with Crippen LogP contribution in [0.3, 0.4) is 0 Å². The van der Waals surface area contributed by atoms with Crippen LogP contribution in [-0.2, 0) is 6.54 Å². The Kier molecular flexibility index (Phi) is 4.34. The maximum atomic E-state index is 4.36. The summed E-state index contributed by atoms with van der Waals surface area (Å²) in [6, 6.07) is 4.50. The van der Waals surface area contributed by atoms with Gasteiger partial charge in [-0.25, -0.2) is 0 Å². The second-order valence-electron chi connectivity index (χ2n) is 4.48. The maximum Gasteiger partial charge on any atom is 0.191 e. The van der Waals surface area contributed by atoms with E-state index in [1.807, 2.05) is 12.3 Å². The van der Waals surface area contributed by atoms with Gasteiger partial charge in [0.15, 0.2) is 5.96 Å². The van der Waals surface area contributed by atoms with E-state index in [0.29, 0.717) is 12.6 Å². The van der Waals surface area contributed by atoms with Crippen LogP contribution < -0.4 is 10.6 Å². The maximum absolute atomic E-state index is 4.36. The quantitative estimate of drug-likeness (QED) is 0.484. The molecule has 0 atom stereocenters. The zero-order valence-corrected chi connectivity index (χ0v) is 11.0. The van der Waals surface area contributed by atoms with Gasteiger partial charge in [0.1, 0.15) is 0 Å². The van der Waals surface area contributed by atoms with Crippen LogP contribution in [0.1, 0.15) is 24.1 Å². The Hall–Kier alpha value is -1.84. The van der Waals surface area contributed by atoms with Gasteiger partial charge in [-0.2, -0.15) is 0 Å². The Balaban J connectivity index is 1.86. The molecule has 2 rings (SSSR count). The van der Waals surface area contributed by atoms with E-state index in [9.17, 15) is 0 Å². The van der Waals surface area contributed by atoms with Crippen molar-refractivity contribution in [1.82, 2.24) is 15.6 Å². The second kappa shape index (κ2) is 6.19. The van der Waals surface area contributed by atoms with E-state index in [0.717, 1.165) is 24.5 Å². The first-order valence-corrected chi connectivity index (χ1v) is 6.32. The SMILES string of the molecule is CN=C(NCc1ncccc1C)NC1CC=CC1. The highest BCUT2D eigenvalue weighted by Gasteiger charge is 2.11. The van der Waals surface area contributed by atoms with Crippen molar-refractivity contribution in [1.29, 1.82) is 0 Å². The molecule has 0 bridgehead atoms. The van der Waals surface area contributed by atoms with Gasteiger partial charge in [0, 0.05) is 19.3 Å². The first-order chi connectivity index (χ1) is 8.79. The number of hydrogen-bond donors (Lipinski definition) is 2. The minimum absolute atomic E-state index is 0.473. The Morgan fingerprint density at radius 1 is 1.44 bits per heavy atom. The summed E-state index contributed by atoms with van der Waals surface area (Å²) in [5, 5.41) is 6.71. The Morgan fingerprint density at radius 3 is 2.89 bits per heavy atom. The van der Waals surface area contributed by atoms with Crippen molar-refractivity contribution in [3.05, 3.63) is 41.7 Å². The Morgan fingerprint density at radius 2 is 2.22 bits per heavy atom. The third-order valence-corrected chi connectivity index (χ3v) is 3.11. The molecule has 96 valence electrons. The molecule has 0 amide bonds. The van der Waals surface area contributed by atoms with E-state index < -0.39 is 0 Å². The normalized spacial score (nSPS) is 16.0. The molecule has 1 aliphatic rings. The molecule has 1 heterocycles. The lowest BCUT2D eigenvalue weighted by molar-refractivity contribution is 0.631. The molecule has 0 aromatic carbocycles. The monoisotopic (exact) mass is 244 g/mol. The molecule has 0 fully saturated rings. The third-order valence-electron chi connectivity index (χ3n) is 3.11. The molecule has 2 N–H and O–H groups in total. The second-order valence-corrected chi connectivity index (χ2v) is 4.48. The van der Waals surface area contributed by atoms with Crippen LogP contribution in [0, 0.1) is 6.92 Å². The molecule has 0 unspecified atom stereocenters. The molecule has 0 radical (unpaired) electrons. The fourth-order valence-electron chi connectivity index (χ4n) is 1.99. The minimum Gasteiger partial charge on any atom is -0.353 e. The average molecular weight is 244 g/mol. The molecular formula is C14H20N4. The van der Waals surface area contributed by atoms with Crippen molar-refractivity contribution in [2.75, 3.05) is 7.05 Å². The number of rotatable bonds is 3. The van der Waals surface area contributed by atoms with E-state index in [1.54, 1.807) is 7.05 Å². The van der Waals surface area contributed by atoms with Crippen molar-refractivity contribution in [3.8, 4) is 0 Å². The van der Waals surface area contributed by atoms with Crippen LogP contribution in [0.4, 0.5) is 0 Å². The van der Waals surface area contributed by atoms with Crippen molar-refractivity contribution in [2.24, 2.45) is 4.99 Å². The molecule has 0 saturated heterocycles. The Labute approximate surface area is 108 Å². The molecule has 18 heavy (non-hydrogen) atoms. The van der Waals surface area contributed by atoms with Crippen molar-refractivity contribution >= 4 is 5.96 Å². The van der Waals surface area contributed by atoms with Crippen molar-refractivity contribution in [2.45, 2.75) is 32.4 Å². The number of guanidine groups is 1. The van der Waals surface area contributed by atoms with Crippen LogP contribution in [0.5, 0.6) is 0 Å². The summed E-state index contributed by atoms with van der Waals surface area (Å²) in [6.07, 6.45) is 8.37. The number of nitrogens with zero attached hydrogens (tertiary/aromatic N) is 2. The van der Waals surface area contributed by atoms with Gasteiger partial charge in [-0.1, -0.05) is 18.2 Å². The van der Waals surface area contributed by atoms with E-state index >= 15 is 0 Å². The number of aryl methyl sites for hydroxylation is 1. The standard InChI is InChI=1S/C14H20N4/c1-11-6-5-9-16-13(11)10-17-14(15-2)18-12-7-3-4-8-12/h3-6,9,12H,7-8,10H2,1-2H3,(H2,15,17,18). The summed E-state index contributed by atoms with van der Waals surface area (Å²) >= 11 is 0. The van der Waals surface area contributed by atoms with Crippen molar-refractivity contribution in [3.63, 3.8) is 0 Å². The van der Waals surface area contributed by atoms with Crippen molar-refractivity contribution < 1.29 is 0 Å². The molecule has 0 aliphatic heterocycles. The van der Waals surface area contributed by atoms with Gasteiger partial charge in [0.2, 0.25) is 0 Å².